The van der Waals surface area contributed by atoms with Crippen molar-refractivity contribution in [3.63, 3.8) is 0 Å². The predicted molar refractivity (Wildman–Crippen MR) is 128 cm³/mol. The van der Waals surface area contributed by atoms with E-state index in [1.165, 1.54) is 77.0 Å². The Morgan fingerprint density at radius 2 is 1.13 bits per heavy atom. The fourth-order valence-corrected chi connectivity index (χ4v) is 4.52. The van der Waals surface area contributed by atoms with E-state index < -0.39 is 0 Å². The summed E-state index contributed by atoms with van der Waals surface area (Å²) in [5.74, 6) is -1.18. The monoisotopic (exact) mass is 436 g/mol. The Bertz CT molecular complexity index is 474. The quantitative estimate of drug-likeness (QED) is 0.119. The molecule has 1 aliphatic rings. The third kappa shape index (κ3) is 13.6. The molecule has 1 saturated carbocycles. The van der Waals surface area contributed by atoms with Crippen molar-refractivity contribution in [1.29, 1.82) is 0 Å². The average Bonchev–Trinajstić information content (AvgIpc) is 2.79. The van der Waals surface area contributed by atoms with Crippen LogP contribution in [0.25, 0.3) is 0 Å². The predicted octanol–water partition coefficient (Wildman–Crippen LogP) is 7.55. The minimum atomic E-state index is -0.349. The van der Waals surface area contributed by atoms with Gasteiger partial charge in [0.1, 0.15) is 6.61 Å². The summed E-state index contributed by atoms with van der Waals surface area (Å²) in [6, 6.07) is 0. The van der Waals surface area contributed by atoms with Crippen LogP contribution in [0.2, 0.25) is 0 Å². The Balaban J connectivity index is 1.99. The second kappa shape index (κ2) is 19.4. The molecular weight excluding hydrogens is 388 g/mol. The van der Waals surface area contributed by atoms with Crippen molar-refractivity contribution in [3.8, 4) is 0 Å². The van der Waals surface area contributed by atoms with Gasteiger partial charge in [0.05, 0.1) is 18.4 Å². The minimum Gasteiger partial charge on any atom is -0.465 e. The number of esters is 2. The second-order valence-electron chi connectivity index (χ2n) is 9.18. The molecule has 0 bridgehead atoms. The highest BCUT2D eigenvalue weighted by Crippen LogP contribution is 2.32. The van der Waals surface area contributed by atoms with E-state index in [0.29, 0.717) is 13.0 Å². The minimum absolute atomic E-state index is 0.205. The maximum absolute atomic E-state index is 12.5. The second-order valence-corrected chi connectivity index (χ2v) is 9.18. The van der Waals surface area contributed by atoms with Gasteiger partial charge in [0.2, 0.25) is 0 Å². The lowest BCUT2D eigenvalue weighted by Crippen LogP contribution is -2.35. The first-order valence-electron chi connectivity index (χ1n) is 13.1. The molecule has 1 fully saturated rings. The van der Waals surface area contributed by atoms with Gasteiger partial charge in [0.15, 0.2) is 0 Å². The maximum Gasteiger partial charge on any atom is 0.310 e. The molecule has 1 aliphatic carbocycles. The number of rotatable bonds is 19. The lowest BCUT2D eigenvalue weighted by atomic mass is 9.79. The first-order valence-corrected chi connectivity index (χ1v) is 13.1. The molecule has 2 unspecified atom stereocenters. The summed E-state index contributed by atoms with van der Waals surface area (Å²) < 4.78 is 10.7. The van der Waals surface area contributed by atoms with Crippen LogP contribution in [0.5, 0.6) is 0 Å². The number of carbonyl (C=O) groups excluding carboxylic acids is 2. The van der Waals surface area contributed by atoms with Gasteiger partial charge in [-0.05, 0) is 19.3 Å². The van der Waals surface area contributed by atoms with Gasteiger partial charge >= 0.3 is 11.9 Å². The highest BCUT2D eigenvalue weighted by atomic mass is 16.5. The van der Waals surface area contributed by atoms with E-state index in [0.717, 1.165) is 32.1 Å². The lowest BCUT2D eigenvalue weighted by Gasteiger charge is -2.28. The largest absolute Gasteiger partial charge is 0.465 e. The van der Waals surface area contributed by atoms with E-state index in [1.807, 2.05) is 0 Å². The van der Waals surface area contributed by atoms with Gasteiger partial charge in [-0.3, -0.25) is 9.59 Å². The van der Waals surface area contributed by atoms with Crippen molar-refractivity contribution < 1.29 is 19.1 Å². The molecule has 31 heavy (non-hydrogen) atoms. The van der Waals surface area contributed by atoms with Gasteiger partial charge in [-0.2, -0.15) is 0 Å². The number of ether oxygens (including phenoxy) is 2. The Labute approximate surface area is 191 Å². The van der Waals surface area contributed by atoms with Crippen LogP contribution < -0.4 is 0 Å². The van der Waals surface area contributed by atoms with Gasteiger partial charge < -0.3 is 9.47 Å². The zero-order valence-electron chi connectivity index (χ0n) is 20.2. The maximum atomic E-state index is 12.5. The Hall–Kier alpha value is -1.32. The molecule has 0 heterocycles. The fourth-order valence-electron chi connectivity index (χ4n) is 4.52. The van der Waals surface area contributed by atoms with Crippen molar-refractivity contribution in [2.24, 2.45) is 11.8 Å². The molecule has 0 aromatic heterocycles. The molecule has 180 valence electrons. The number of hydrogen-bond acceptors (Lipinski definition) is 4. The van der Waals surface area contributed by atoms with E-state index in [1.54, 1.807) is 6.08 Å². The van der Waals surface area contributed by atoms with Crippen LogP contribution in [0, 0.1) is 11.8 Å². The van der Waals surface area contributed by atoms with Gasteiger partial charge in [-0.15, -0.1) is 0 Å². The molecule has 0 N–H and O–H groups in total. The smallest absolute Gasteiger partial charge is 0.310 e. The van der Waals surface area contributed by atoms with E-state index in [4.69, 9.17) is 9.47 Å². The molecule has 1 rings (SSSR count). The van der Waals surface area contributed by atoms with Gasteiger partial charge in [-0.25, -0.2) is 0 Å². The van der Waals surface area contributed by atoms with Crippen molar-refractivity contribution >= 4 is 11.9 Å². The topological polar surface area (TPSA) is 52.6 Å². The molecule has 4 heteroatoms. The summed E-state index contributed by atoms with van der Waals surface area (Å²) in [4.78, 5) is 24.7. The molecule has 2 atom stereocenters. The zero-order valence-corrected chi connectivity index (χ0v) is 20.2. The van der Waals surface area contributed by atoms with Crippen molar-refractivity contribution in [2.45, 2.75) is 122 Å². The van der Waals surface area contributed by atoms with Crippen molar-refractivity contribution in [2.75, 3.05) is 13.2 Å². The summed E-state index contributed by atoms with van der Waals surface area (Å²) in [6.45, 7) is 6.51. The zero-order chi connectivity index (χ0) is 22.6. The molecule has 0 spiro atoms. The van der Waals surface area contributed by atoms with Gasteiger partial charge in [0.25, 0.3) is 0 Å². The molecule has 0 amide bonds. The number of hydrogen-bond donors (Lipinski definition) is 0. The van der Waals surface area contributed by atoms with Crippen LogP contribution in [0.1, 0.15) is 122 Å². The summed E-state index contributed by atoms with van der Waals surface area (Å²) in [5.41, 5.74) is 0. The number of unbranched alkanes of at least 4 members (excludes halogenated alkanes) is 13. The lowest BCUT2D eigenvalue weighted by molar-refractivity contribution is -0.162. The highest BCUT2D eigenvalue weighted by Gasteiger charge is 2.37. The van der Waals surface area contributed by atoms with Crippen LogP contribution in [0.4, 0.5) is 0 Å². The molecule has 0 aromatic carbocycles. The SMILES string of the molecule is C=CCOC(=O)C1CCCCC1C(=O)OCCCCCCCCCCCCCCCC. The standard InChI is InChI=1S/C27H48O4/c1-3-5-6-7-8-9-10-11-12-13-14-15-16-19-23-31-27(29)25-21-18-17-20-24(25)26(28)30-22-4-2/h4,24-25H,2-3,5-23H2,1H3. The van der Waals surface area contributed by atoms with Crippen molar-refractivity contribution in [1.82, 2.24) is 0 Å². The molecule has 0 aliphatic heterocycles. The van der Waals surface area contributed by atoms with E-state index in [2.05, 4.69) is 13.5 Å². The normalized spacial score (nSPS) is 18.5. The molecule has 0 saturated heterocycles. The van der Waals surface area contributed by atoms with Crippen molar-refractivity contribution in [3.05, 3.63) is 12.7 Å². The van der Waals surface area contributed by atoms with E-state index >= 15 is 0 Å². The van der Waals surface area contributed by atoms with Crippen LogP contribution in [-0.4, -0.2) is 25.2 Å². The molecule has 0 radical (unpaired) electrons. The first-order chi connectivity index (χ1) is 15.2. The average molecular weight is 437 g/mol. The third-order valence-corrected chi connectivity index (χ3v) is 6.46. The van der Waals surface area contributed by atoms with Gasteiger partial charge in [0, 0.05) is 0 Å². The third-order valence-electron chi connectivity index (χ3n) is 6.46. The molecule has 0 aromatic rings. The van der Waals surface area contributed by atoms with Crippen LogP contribution in [0.3, 0.4) is 0 Å². The Morgan fingerprint density at radius 1 is 0.710 bits per heavy atom. The van der Waals surface area contributed by atoms with Crippen LogP contribution >= 0.6 is 0 Å². The fraction of sp³-hybridized carbons (Fsp3) is 0.852. The number of carbonyl (C=O) groups is 2. The van der Waals surface area contributed by atoms with E-state index in [-0.39, 0.29) is 30.4 Å². The summed E-state index contributed by atoms with van der Waals surface area (Å²) in [7, 11) is 0. The Kier molecular flexibility index (Phi) is 17.3. The van der Waals surface area contributed by atoms with Gasteiger partial charge in [-0.1, -0.05) is 116 Å². The molecular formula is C27H48O4. The highest BCUT2D eigenvalue weighted by molar-refractivity contribution is 5.82. The summed E-state index contributed by atoms with van der Waals surface area (Å²) in [5, 5.41) is 0. The van der Waals surface area contributed by atoms with Crippen LogP contribution in [-0.2, 0) is 19.1 Å². The first kappa shape index (κ1) is 27.7. The molecule has 4 nitrogen and oxygen atoms in total. The summed E-state index contributed by atoms with van der Waals surface area (Å²) in [6.07, 6.45) is 23.3. The summed E-state index contributed by atoms with van der Waals surface area (Å²) >= 11 is 0. The Morgan fingerprint density at radius 3 is 1.58 bits per heavy atom. The van der Waals surface area contributed by atoms with E-state index in [9.17, 15) is 9.59 Å². The van der Waals surface area contributed by atoms with Crippen LogP contribution in [0.15, 0.2) is 12.7 Å².